The minimum atomic E-state index is -0.458. The van der Waals surface area contributed by atoms with Gasteiger partial charge in [0.2, 0.25) is 0 Å². The first-order chi connectivity index (χ1) is 12.1. The summed E-state index contributed by atoms with van der Waals surface area (Å²) in [6.45, 7) is 1.91. The number of benzene rings is 1. The van der Waals surface area contributed by atoms with Crippen molar-refractivity contribution in [1.82, 2.24) is 10.1 Å². The Morgan fingerprint density at radius 1 is 1.24 bits per heavy atom. The summed E-state index contributed by atoms with van der Waals surface area (Å²) in [5.41, 5.74) is 7.81. The average molecular weight is 345 g/mol. The molecule has 3 rings (SSSR count). The fraction of sp³-hybridized carbons (Fsp3) is 0.526. The van der Waals surface area contributed by atoms with E-state index in [4.69, 9.17) is 15.0 Å². The lowest BCUT2D eigenvalue weighted by Gasteiger charge is -2.32. The van der Waals surface area contributed by atoms with Crippen LogP contribution in [0.2, 0.25) is 0 Å². The predicted molar refractivity (Wildman–Crippen MR) is 94.8 cm³/mol. The van der Waals surface area contributed by atoms with E-state index in [1.54, 1.807) is 0 Å². The summed E-state index contributed by atoms with van der Waals surface area (Å²) in [7, 11) is 2.06. The van der Waals surface area contributed by atoms with Crippen LogP contribution in [0, 0.1) is 0 Å². The van der Waals surface area contributed by atoms with Crippen molar-refractivity contribution in [2.24, 2.45) is 5.73 Å². The lowest BCUT2D eigenvalue weighted by molar-refractivity contribution is -0.112. The summed E-state index contributed by atoms with van der Waals surface area (Å²) in [4.78, 5) is 2.19. The zero-order valence-corrected chi connectivity index (χ0v) is 14.7. The standard InChI is InChI=1S/C19H27N3O3/c1-22(12-14-5-3-2-4-6-14)13-17-10-15(21-25-17)9-16-7-8-18(23)19(11-20)24-16/h2-6,10,16,18-19,23H,7-9,11-13,20H2,1H3/t16-,18-,19+/m0/s1. The van der Waals surface area contributed by atoms with Gasteiger partial charge in [-0.2, -0.15) is 0 Å². The number of aliphatic hydroxyl groups excluding tert-OH is 1. The fourth-order valence-electron chi connectivity index (χ4n) is 3.29. The van der Waals surface area contributed by atoms with Crippen LogP contribution in [0.15, 0.2) is 40.9 Å². The number of aromatic nitrogens is 1. The Bertz CT molecular complexity index is 646. The number of nitrogens with two attached hydrogens (primary N) is 1. The van der Waals surface area contributed by atoms with Crippen LogP contribution in [0.1, 0.15) is 29.9 Å². The summed E-state index contributed by atoms with van der Waals surface area (Å²) in [5.74, 6) is 0.847. The molecule has 1 saturated heterocycles. The third-order valence-corrected chi connectivity index (χ3v) is 4.58. The van der Waals surface area contributed by atoms with Crippen LogP contribution in [0.25, 0.3) is 0 Å². The Hall–Kier alpha value is -1.73. The topological polar surface area (TPSA) is 84.8 Å². The lowest BCUT2D eigenvalue weighted by Crippen LogP contribution is -2.44. The van der Waals surface area contributed by atoms with Crippen LogP contribution in [0.5, 0.6) is 0 Å². The highest BCUT2D eigenvalue weighted by atomic mass is 16.5. The van der Waals surface area contributed by atoms with Crippen molar-refractivity contribution in [3.05, 3.63) is 53.4 Å². The van der Waals surface area contributed by atoms with Crippen LogP contribution < -0.4 is 5.73 Å². The number of hydrogen-bond donors (Lipinski definition) is 2. The Morgan fingerprint density at radius 2 is 2.04 bits per heavy atom. The molecule has 1 aliphatic heterocycles. The molecule has 1 aromatic heterocycles. The molecule has 1 aliphatic rings. The molecule has 0 unspecified atom stereocenters. The van der Waals surface area contributed by atoms with Crippen molar-refractivity contribution in [1.29, 1.82) is 0 Å². The normalized spacial score (nSPS) is 23.9. The number of nitrogens with zero attached hydrogens (tertiary/aromatic N) is 2. The van der Waals surface area contributed by atoms with Gasteiger partial charge in [-0.3, -0.25) is 4.90 Å². The van der Waals surface area contributed by atoms with Crippen molar-refractivity contribution in [2.75, 3.05) is 13.6 Å². The molecule has 3 atom stereocenters. The molecule has 0 spiro atoms. The molecular weight excluding hydrogens is 318 g/mol. The van der Waals surface area contributed by atoms with Gasteiger partial charge >= 0.3 is 0 Å². The van der Waals surface area contributed by atoms with Gasteiger partial charge < -0.3 is 20.1 Å². The summed E-state index contributed by atoms with van der Waals surface area (Å²) in [6, 6.07) is 12.3. The SMILES string of the molecule is CN(Cc1ccccc1)Cc1cc(C[C@@H]2CC[C@H](O)[C@@H](CN)O2)no1. The van der Waals surface area contributed by atoms with E-state index >= 15 is 0 Å². The minimum absolute atomic E-state index is 0.0388. The van der Waals surface area contributed by atoms with Crippen molar-refractivity contribution in [3.63, 3.8) is 0 Å². The van der Waals surface area contributed by atoms with Gasteiger partial charge in [0.1, 0.15) is 0 Å². The summed E-state index contributed by atoms with van der Waals surface area (Å²) >= 11 is 0. The van der Waals surface area contributed by atoms with Crippen molar-refractivity contribution < 1.29 is 14.4 Å². The number of ether oxygens (including phenoxy) is 1. The third-order valence-electron chi connectivity index (χ3n) is 4.58. The number of hydrogen-bond acceptors (Lipinski definition) is 6. The van der Waals surface area contributed by atoms with Gasteiger partial charge in [0.05, 0.1) is 30.6 Å². The minimum Gasteiger partial charge on any atom is -0.390 e. The van der Waals surface area contributed by atoms with Crippen LogP contribution in [0.3, 0.4) is 0 Å². The van der Waals surface area contributed by atoms with Gasteiger partial charge in [-0.15, -0.1) is 0 Å². The largest absolute Gasteiger partial charge is 0.390 e. The second kappa shape index (κ2) is 8.58. The first-order valence-corrected chi connectivity index (χ1v) is 8.84. The number of aliphatic hydroxyl groups is 1. The molecule has 2 heterocycles. The molecule has 0 saturated carbocycles. The van der Waals surface area contributed by atoms with Gasteiger partial charge in [-0.05, 0) is 25.5 Å². The fourth-order valence-corrected chi connectivity index (χ4v) is 3.29. The van der Waals surface area contributed by atoms with Gasteiger partial charge in [0.15, 0.2) is 5.76 Å². The van der Waals surface area contributed by atoms with Crippen molar-refractivity contribution >= 4 is 0 Å². The molecule has 0 radical (unpaired) electrons. The Kier molecular flexibility index (Phi) is 6.20. The maximum Gasteiger partial charge on any atom is 0.150 e. The molecule has 136 valence electrons. The van der Waals surface area contributed by atoms with Crippen LogP contribution in [0.4, 0.5) is 0 Å². The Labute approximate surface area is 148 Å². The second-order valence-corrected chi connectivity index (χ2v) is 6.82. The molecule has 1 aromatic carbocycles. The van der Waals surface area contributed by atoms with Gasteiger partial charge in [-0.1, -0.05) is 35.5 Å². The Morgan fingerprint density at radius 3 is 2.80 bits per heavy atom. The highest BCUT2D eigenvalue weighted by Crippen LogP contribution is 2.22. The van der Waals surface area contributed by atoms with E-state index in [1.807, 2.05) is 24.3 Å². The van der Waals surface area contributed by atoms with Gasteiger partial charge in [-0.25, -0.2) is 0 Å². The molecule has 0 bridgehead atoms. The molecule has 2 aromatic rings. The maximum atomic E-state index is 9.83. The van der Waals surface area contributed by atoms with Gasteiger partial charge in [0.25, 0.3) is 0 Å². The average Bonchev–Trinajstić information content (AvgIpc) is 3.04. The summed E-state index contributed by atoms with van der Waals surface area (Å²) < 4.78 is 11.3. The van der Waals surface area contributed by atoms with E-state index < -0.39 is 6.10 Å². The molecule has 25 heavy (non-hydrogen) atoms. The first kappa shape index (κ1) is 18.1. The monoisotopic (exact) mass is 345 g/mol. The summed E-state index contributed by atoms with van der Waals surface area (Å²) in [5, 5.41) is 14.0. The first-order valence-electron chi connectivity index (χ1n) is 8.84. The van der Waals surface area contributed by atoms with E-state index in [-0.39, 0.29) is 12.2 Å². The molecule has 0 aliphatic carbocycles. The quantitative estimate of drug-likeness (QED) is 0.795. The molecule has 1 fully saturated rings. The highest BCUT2D eigenvalue weighted by molar-refractivity contribution is 5.14. The van der Waals surface area contributed by atoms with Crippen molar-refractivity contribution in [3.8, 4) is 0 Å². The van der Waals surface area contributed by atoms with E-state index in [0.29, 0.717) is 19.5 Å². The molecular formula is C19H27N3O3. The lowest BCUT2D eigenvalue weighted by atomic mass is 9.98. The van der Waals surface area contributed by atoms with Crippen LogP contribution in [-0.4, -0.2) is 47.1 Å². The zero-order valence-electron chi connectivity index (χ0n) is 14.7. The maximum absolute atomic E-state index is 9.83. The third kappa shape index (κ3) is 5.12. The van der Waals surface area contributed by atoms with Gasteiger partial charge in [0, 0.05) is 25.6 Å². The molecule has 6 heteroatoms. The predicted octanol–water partition coefficient (Wildman–Crippen LogP) is 1.72. The van der Waals surface area contributed by atoms with E-state index in [2.05, 4.69) is 29.2 Å². The van der Waals surface area contributed by atoms with E-state index in [1.165, 1.54) is 5.56 Å². The molecule has 6 nitrogen and oxygen atoms in total. The van der Waals surface area contributed by atoms with Crippen molar-refractivity contribution in [2.45, 2.75) is 50.7 Å². The number of rotatable bonds is 7. The van der Waals surface area contributed by atoms with E-state index in [0.717, 1.165) is 30.8 Å². The second-order valence-electron chi connectivity index (χ2n) is 6.82. The summed E-state index contributed by atoms with van der Waals surface area (Å²) in [6.07, 6.45) is 1.53. The van der Waals surface area contributed by atoms with Crippen LogP contribution in [-0.2, 0) is 24.2 Å². The molecule has 3 N–H and O–H groups in total. The smallest absolute Gasteiger partial charge is 0.150 e. The highest BCUT2D eigenvalue weighted by Gasteiger charge is 2.29. The Balaban J connectivity index is 1.50. The van der Waals surface area contributed by atoms with E-state index in [9.17, 15) is 5.11 Å². The van der Waals surface area contributed by atoms with Crippen LogP contribution >= 0.6 is 0 Å². The zero-order chi connectivity index (χ0) is 17.6. The molecule has 0 amide bonds.